The Morgan fingerprint density at radius 2 is 1.70 bits per heavy atom. The van der Waals surface area contributed by atoms with Gasteiger partial charge in [-0.25, -0.2) is 4.39 Å². The molecular weight excluding hydrogens is 419 g/mol. The van der Waals surface area contributed by atoms with Crippen LogP contribution in [0.15, 0.2) is 66.7 Å². The molecule has 3 aromatic rings. The Morgan fingerprint density at radius 3 is 2.42 bits per heavy atom. The zero-order chi connectivity index (χ0) is 23.2. The number of carbonyl (C=O) groups is 1. The predicted octanol–water partition coefficient (Wildman–Crippen LogP) is 5.36. The molecule has 0 aromatic heterocycles. The molecule has 0 saturated carbocycles. The molecule has 1 saturated heterocycles. The van der Waals surface area contributed by atoms with E-state index < -0.39 is 0 Å². The van der Waals surface area contributed by atoms with E-state index in [4.69, 9.17) is 9.47 Å². The lowest BCUT2D eigenvalue weighted by Crippen LogP contribution is -2.37. The van der Waals surface area contributed by atoms with Crippen LogP contribution in [0.5, 0.6) is 11.5 Å². The largest absolute Gasteiger partial charge is 0.497 e. The minimum absolute atomic E-state index is 0.0236. The SMILES string of the molecule is COc1cccc(-c2cccc(NC(=O)C3CCN(Cc4ccc(F)c(OC)c4)CC3)c2)c1. The molecule has 3 aromatic carbocycles. The first-order chi connectivity index (χ1) is 16.1. The van der Waals surface area contributed by atoms with E-state index in [1.807, 2.05) is 48.5 Å². The van der Waals surface area contributed by atoms with E-state index >= 15 is 0 Å². The zero-order valence-corrected chi connectivity index (χ0v) is 19.0. The number of hydrogen-bond donors (Lipinski definition) is 1. The van der Waals surface area contributed by atoms with Gasteiger partial charge in [-0.3, -0.25) is 9.69 Å². The molecule has 0 radical (unpaired) electrons. The van der Waals surface area contributed by atoms with Gasteiger partial charge in [-0.1, -0.05) is 30.3 Å². The second kappa shape index (κ2) is 10.5. The number of likely N-dealkylation sites (tertiary alicyclic amines) is 1. The summed E-state index contributed by atoms with van der Waals surface area (Å²) in [4.78, 5) is 15.2. The second-order valence-corrected chi connectivity index (χ2v) is 8.32. The highest BCUT2D eigenvalue weighted by Gasteiger charge is 2.25. The van der Waals surface area contributed by atoms with Crippen molar-refractivity contribution in [1.82, 2.24) is 4.90 Å². The van der Waals surface area contributed by atoms with Crippen LogP contribution in [0.3, 0.4) is 0 Å². The van der Waals surface area contributed by atoms with E-state index in [1.165, 1.54) is 13.2 Å². The standard InChI is InChI=1S/C27H29FN2O3/c1-32-24-8-4-6-22(17-24)21-5-3-7-23(16-21)29-27(31)20-11-13-30(14-12-20)18-19-9-10-25(28)26(15-19)33-2/h3-10,15-17,20H,11-14,18H2,1-2H3,(H,29,31). The molecule has 0 atom stereocenters. The molecular formula is C27H29FN2O3. The third-order valence-electron chi connectivity index (χ3n) is 6.11. The maximum Gasteiger partial charge on any atom is 0.227 e. The third kappa shape index (κ3) is 5.71. The first-order valence-corrected chi connectivity index (χ1v) is 11.2. The molecule has 1 fully saturated rings. The molecule has 1 heterocycles. The molecule has 4 rings (SSSR count). The van der Waals surface area contributed by atoms with Gasteiger partial charge in [-0.15, -0.1) is 0 Å². The van der Waals surface area contributed by atoms with E-state index in [9.17, 15) is 9.18 Å². The lowest BCUT2D eigenvalue weighted by atomic mass is 9.95. The molecule has 0 unspecified atom stereocenters. The molecule has 33 heavy (non-hydrogen) atoms. The number of ether oxygens (including phenoxy) is 2. The van der Waals surface area contributed by atoms with Gasteiger partial charge in [0.2, 0.25) is 5.91 Å². The van der Waals surface area contributed by atoms with Gasteiger partial charge in [0, 0.05) is 18.2 Å². The molecule has 1 amide bonds. The van der Waals surface area contributed by atoms with E-state index in [0.717, 1.165) is 54.1 Å². The van der Waals surface area contributed by atoms with E-state index in [-0.39, 0.29) is 23.4 Å². The molecule has 1 aliphatic rings. The van der Waals surface area contributed by atoms with Gasteiger partial charge in [0.25, 0.3) is 0 Å². The van der Waals surface area contributed by atoms with E-state index in [0.29, 0.717) is 6.54 Å². The Bertz CT molecular complexity index is 1110. The van der Waals surface area contributed by atoms with Gasteiger partial charge in [0.1, 0.15) is 5.75 Å². The quantitative estimate of drug-likeness (QED) is 0.529. The first kappa shape index (κ1) is 22.8. The number of carbonyl (C=O) groups excluding carboxylic acids is 1. The maximum absolute atomic E-state index is 13.6. The molecule has 0 bridgehead atoms. The summed E-state index contributed by atoms with van der Waals surface area (Å²) in [7, 11) is 3.12. The third-order valence-corrected chi connectivity index (χ3v) is 6.11. The summed E-state index contributed by atoms with van der Waals surface area (Å²) < 4.78 is 24.0. The lowest BCUT2D eigenvalue weighted by Gasteiger charge is -2.31. The minimum Gasteiger partial charge on any atom is -0.497 e. The molecule has 0 aliphatic carbocycles. The van der Waals surface area contributed by atoms with Crippen molar-refractivity contribution in [3.8, 4) is 22.6 Å². The summed E-state index contributed by atoms with van der Waals surface area (Å²) in [5.41, 5.74) is 3.86. The lowest BCUT2D eigenvalue weighted by molar-refractivity contribution is -0.121. The monoisotopic (exact) mass is 448 g/mol. The van der Waals surface area contributed by atoms with Crippen molar-refractivity contribution in [1.29, 1.82) is 0 Å². The summed E-state index contributed by atoms with van der Waals surface area (Å²) in [6.45, 7) is 2.36. The average Bonchev–Trinajstić information content (AvgIpc) is 2.86. The Labute approximate surface area is 194 Å². The fraction of sp³-hybridized carbons (Fsp3) is 0.296. The Kier molecular flexibility index (Phi) is 7.25. The van der Waals surface area contributed by atoms with Crippen LogP contribution >= 0.6 is 0 Å². The van der Waals surface area contributed by atoms with Crippen LogP contribution in [-0.2, 0) is 11.3 Å². The molecule has 172 valence electrons. The highest BCUT2D eigenvalue weighted by molar-refractivity contribution is 5.93. The highest BCUT2D eigenvalue weighted by atomic mass is 19.1. The number of anilines is 1. The highest BCUT2D eigenvalue weighted by Crippen LogP contribution is 2.27. The fourth-order valence-electron chi connectivity index (χ4n) is 4.24. The summed E-state index contributed by atoms with van der Waals surface area (Å²) in [6, 6.07) is 20.7. The molecule has 6 heteroatoms. The molecule has 0 spiro atoms. The fourth-order valence-corrected chi connectivity index (χ4v) is 4.24. The van der Waals surface area contributed by atoms with Crippen LogP contribution in [0.1, 0.15) is 18.4 Å². The number of amides is 1. The topological polar surface area (TPSA) is 50.8 Å². The summed E-state index contributed by atoms with van der Waals surface area (Å²) in [5.74, 6) is 0.739. The number of nitrogens with one attached hydrogen (secondary N) is 1. The van der Waals surface area contributed by atoms with Crippen molar-refractivity contribution in [3.63, 3.8) is 0 Å². The second-order valence-electron chi connectivity index (χ2n) is 8.32. The van der Waals surface area contributed by atoms with Gasteiger partial charge in [0.05, 0.1) is 14.2 Å². The summed E-state index contributed by atoms with van der Waals surface area (Å²) in [5, 5.41) is 3.09. The number of benzene rings is 3. The number of nitrogens with zero attached hydrogens (tertiary/aromatic N) is 1. The number of halogens is 1. The molecule has 5 nitrogen and oxygen atoms in total. The zero-order valence-electron chi connectivity index (χ0n) is 19.0. The van der Waals surface area contributed by atoms with Crippen molar-refractivity contribution < 1.29 is 18.7 Å². The van der Waals surface area contributed by atoms with Crippen molar-refractivity contribution in [3.05, 3.63) is 78.1 Å². The smallest absolute Gasteiger partial charge is 0.227 e. The predicted molar refractivity (Wildman–Crippen MR) is 128 cm³/mol. The van der Waals surface area contributed by atoms with Crippen molar-refractivity contribution in [2.24, 2.45) is 5.92 Å². The van der Waals surface area contributed by atoms with Crippen LogP contribution in [0, 0.1) is 11.7 Å². The van der Waals surface area contributed by atoms with Gasteiger partial charge in [0.15, 0.2) is 11.6 Å². The number of piperidine rings is 1. The maximum atomic E-state index is 13.6. The van der Waals surface area contributed by atoms with Gasteiger partial charge >= 0.3 is 0 Å². The van der Waals surface area contributed by atoms with Crippen molar-refractivity contribution >= 4 is 11.6 Å². The Hall–Kier alpha value is -3.38. The number of methoxy groups -OCH3 is 2. The minimum atomic E-state index is -0.355. The number of hydrogen-bond acceptors (Lipinski definition) is 4. The van der Waals surface area contributed by atoms with Crippen LogP contribution in [0.25, 0.3) is 11.1 Å². The van der Waals surface area contributed by atoms with Gasteiger partial charge in [-0.05, 0) is 79.0 Å². The Morgan fingerprint density at radius 1 is 0.970 bits per heavy atom. The van der Waals surface area contributed by atoms with Crippen molar-refractivity contribution in [2.75, 3.05) is 32.6 Å². The summed E-state index contributed by atoms with van der Waals surface area (Å²) >= 11 is 0. The van der Waals surface area contributed by atoms with Gasteiger partial charge < -0.3 is 14.8 Å². The van der Waals surface area contributed by atoms with Crippen LogP contribution < -0.4 is 14.8 Å². The van der Waals surface area contributed by atoms with Crippen LogP contribution in [0.2, 0.25) is 0 Å². The normalized spacial score (nSPS) is 14.6. The van der Waals surface area contributed by atoms with Gasteiger partial charge in [-0.2, -0.15) is 0 Å². The average molecular weight is 449 g/mol. The van der Waals surface area contributed by atoms with E-state index in [1.54, 1.807) is 19.2 Å². The van der Waals surface area contributed by atoms with Crippen molar-refractivity contribution in [2.45, 2.75) is 19.4 Å². The van der Waals surface area contributed by atoms with E-state index in [2.05, 4.69) is 10.2 Å². The Balaban J connectivity index is 1.33. The molecule has 1 aliphatic heterocycles. The van der Waals surface area contributed by atoms with Crippen LogP contribution in [0.4, 0.5) is 10.1 Å². The number of rotatable bonds is 7. The van der Waals surface area contributed by atoms with Crippen LogP contribution in [-0.4, -0.2) is 38.1 Å². The summed E-state index contributed by atoms with van der Waals surface area (Å²) in [6.07, 6.45) is 1.58. The first-order valence-electron chi connectivity index (χ1n) is 11.2. The molecule has 1 N–H and O–H groups in total.